The molecule has 1 heterocycles. The highest BCUT2D eigenvalue weighted by molar-refractivity contribution is 7.99. The molecule has 0 spiro atoms. The Kier molecular flexibility index (Phi) is 5.77. The van der Waals surface area contributed by atoms with Gasteiger partial charge in [-0.15, -0.1) is 5.10 Å². The largest absolute Gasteiger partial charge is 0.343 e. The summed E-state index contributed by atoms with van der Waals surface area (Å²) in [6.07, 6.45) is 1.06. The SMILES string of the molecule is CCNC(C)CC(C)Sc1n[nH]c(=O)n1CC. The van der Waals surface area contributed by atoms with E-state index in [9.17, 15) is 4.79 Å². The molecule has 2 unspecified atom stereocenters. The molecule has 1 rings (SSSR count). The van der Waals surface area contributed by atoms with Crippen molar-refractivity contribution in [2.24, 2.45) is 0 Å². The Labute approximate surface area is 106 Å². The van der Waals surface area contributed by atoms with Crippen molar-refractivity contribution in [3.05, 3.63) is 10.5 Å². The predicted octanol–water partition coefficient (Wildman–Crippen LogP) is 1.46. The number of aromatic nitrogens is 3. The fourth-order valence-electron chi connectivity index (χ4n) is 1.83. The van der Waals surface area contributed by atoms with Gasteiger partial charge in [0.25, 0.3) is 0 Å². The maximum absolute atomic E-state index is 11.4. The lowest BCUT2D eigenvalue weighted by Gasteiger charge is -2.17. The van der Waals surface area contributed by atoms with Crippen molar-refractivity contribution in [2.45, 2.75) is 57.1 Å². The lowest BCUT2D eigenvalue weighted by molar-refractivity contribution is 0.529. The number of aromatic amines is 1. The van der Waals surface area contributed by atoms with Crippen LogP contribution in [0.2, 0.25) is 0 Å². The first-order valence-corrected chi connectivity index (χ1v) is 7.01. The molecule has 0 bridgehead atoms. The molecule has 0 radical (unpaired) electrons. The first kappa shape index (κ1) is 14.3. The van der Waals surface area contributed by atoms with E-state index in [1.54, 1.807) is 16.3 Å². The summed E-state index contributed by atoms with van der Waals surface area (Å²) in [4.78, 5) is 11.4. The summed E-state index contributed by atoms with van der Waals surface area (Å²) in [7, 11) is 0. The van der Waals surface area contributed by atoms with Gasteiger partial charge in [-0.3, -0.25) is 4.57 Å². The van der Waals surface area contributed by atoms with E-state index in [1.165, 1.54) is 0 Å². The highest BCUT2D eigenvalue weighted by Crippen LogP contribution is 2.22. The fourth-order valence-corrected chi connectivity index (χ4v) is 3.01. The standard InChI is InChI=1S/C11H22N4OS/c1-5-12-8(3)7-9(4)17-11-14-13-10(16)15(11)6-2/h8-9,12H,5-7H2,1-4H3,(H,13,16). The van der Waals surface area contributed by atoms with Crippen LogP contribution in [-0.4, -0.2) is 32.6 Å². The lowest BCUT2D eigenvalue weighted by Crippen LogP contribution is -2.28. The van der Waals surface area contributed by atoms with Crippen LogP contribution in [0.5, 0.6) is 0 Å². The summed E-state index contributed by atoms with van der Waals surface area (Å²) in [5, 5.41) is 11.1. The van der Waals surface area contributed by atoms with Gasteiger partial charge in [-0.2, -0.15) is 0 Å². The summed E-state index contributed by atoms with van der Waals surface area (Å²) in [6, 6.07) is 0.489. The Morgan fingerprint density at radius 3 is 2.76 bits per heavy atom. The van der Waals surface area contributed by atoms with Gasteiger partial charge < -0.3 is 5.32 Å². The van der Waals surface area contributed by atoms with Crippen LogP contribution in [0.15, 0.2) is 9.95 Å². The second kappa shape index (κ2) is 6.86. The zero-order valence-corrected chi connectivity index (χ0v) is 11.8. The highest BCUT2D eigenvalue weighted by Gasteiger charge is 2.14. The zero-order valence-electron chi connectivity index (χ0n) is 11.0. The number of H-pyrrole nitrogens is 1. The maximum Gasteiger partial charge on any atom is 0.343 e. The van der Waals surface area contributed by atoms with Crippen LogP contribution in [-0.2, 0) is 6.54 Å². The first-order valence-electron chi connectivity index (χ1n) is 6.13. The Hall–Kier alpha value is -0.750. The number of nitrogens with one attached hydrogen (secondary N) is 2. The molecule has 0 saturated heterocycles. The Morgan fingerprint density at radius 2 is 2.18 bits per heavy atom. The summed E-state index contributed by atoms with van der Waals surface area (Å²) in [6.45, 7) is 10.0. The van der Waals surface area contributed by atoms with Crippen LogP contribution in [0.4, 0.5) is 0 Å². The van der Waals surface area contributed by atoms with Crippen molar-refractivity contribution in [1.82, 2.24) is 20.1 Å². The average Bonchev–Trinajstić information content (AvgIpc) is 2.59. The molecule has 2 atom stereocenters. The van der Waals surface area contributed by atoms with Crippen LogP contribution in [0.1, 0.15) is 34.1 Å². The fraction of sp³-hybridized carbons (Fsp3) is 0.818. The van der Waals surface area contributed by atoms with Gasteiger partial charge in [0.05, 0.1) is 0 Å². The number of thioether (sulfide) groups is 1. The third-order valence-corrected chi connectivity index (χ3v) is 3.70. The van der Waals surface area contributed by atoms with Gasteiger partial charge in [0.2, 0.25) is 0 Å². The molecule has 1 aromatic rings. The third-order valence-electron chi connectivity index (χ3n) is 2.58. The van der Waals surface area contributed by atoms with Gasteiger partial charge in [0.1, 0.15) is 0 Å². The molecule has 0 amide bonds. The molecule has 0 aliphatic heterocycles. The average molecular weight is 258 g/mol. The minimum absolute atomic E-state index is 0.123. The molecule has 5 nitrogen and oxygen atoms in total. The van der Waals surface area contributed by atoms with Crippen LogP contribution >= 0.6 is 11.8 Å². The van der Waals surface area contributed by atoms with Crippen LogP contribution in [0.3, 0.4) is 0 Å². The molecule has 0 saturated carbocycles. The summed E-state index contributed by atoms with van der Waals surface area (Å²) in [5.41, 5.74) is -0.123. The smallest absolute Gasteiger partial charge is 0.314 e. The number of nitrogens with zero attached hydrogens (tertiary/aromatic N) is 2. The predicted molar refractivity (Wildman–Crippen MR) is 71.6 cm³/mol. The Bertz CT molecular complexity index is 387. The minimum Gasteiger partial charge on any atom is -0.314 e. The molecule has 0 aromatic carbocycles. The van der Waals surface area contributed by atoms with E-state index >= 15 is 0 Å². The van der Waals surface area contributed by atoms with Crippen LogP contribution in [0, 0.1) is 0 Å². The van der Waals surface area contributed by atoms with Crippen molar-refractivity contribution in [2.75, 3.05) is 6.54 Å². The van der Waals surface area contributed by atoms with Crippen LogP contribution in [0.25, 0.3) is 0 Å². The van der Waals surface area contributed by atoms with E-state index in [4.69, 9.17) is 0 Å². The minimum atomic E-state index is -0.123. The second-order valence-electron chi connectivity index (χ2n) is 4.18. The number of hydrogen-bond acceptors (Lipinski definition) is 4. The monoisotopic (exact) mass is 258 g/mol. The van der Waals surface area contributed by atoms with Crippen molar-refractivity contribution in [1.29, 1.82) is 0 Å². The molecular weight excluding hydrogens is 236 g/mol. The van der Waals surface area contributed by atoms with E-state index < -0.39 is 0 Å². The molecule has 6 heteroatoms. The summed E-state index contributed by atoms with van der Waals surface area (Å²) in [5.74, 6) is 0. The lowest BCUT2D eigenvalue weighted by atomic mass is 10.2. The van der Waals surface area contributed by atoms with Crippen molar-refractivity contribution in [3.8, 4) is 0 Å². The molecule has 0 fully saturated rings. The van der Waals surface area contributed by atoms with Gasteiger partial charge in [-0.05, 0) is 26.8 Å². The summed E-state index contributed by atoms with van der Waals surface area (Å²) >= 11 is 1.65. The van der Waals surface area contributed by atoms with Gasteiger partial charge >= 0.3 is 5.69 Å². The second-order valence-corrected chi connectivity index (χ2v) is 5.58. The molecular formula is C11H22N4OS. The molecule has 17 heavy (non-hydrogen) atoms. The maximum atomic E-state index is 11.4. The highest BCUT2D eigenvalue weighted by atomic mass is 32.2. The molecule has 0 aliphatic carbocycles. The molecule has 2 N–H and O–H groups in total. The molecule has 0 aliphatic rings. The zero-order chi connectivity index (χ0) is 12.8. The van der Waals surface area contributed by atoms with E-state index in [1.807, 2.05) is 6.92 Å². The first-order chi connectivity index (χ1) is 8.08. The quantitative estimate of drug-likeness (QED) is 0.727. The van der Waals surface area contributed by atoms with E-state index in [0.29, 0.717) is 17.8 Å². The van der Waals surface area contributed by atoms with Gasteiger partial charge in [-0.1, -0.05) is 25.6 Å². The van der Waals surface area contributed by atoms with Gasteiger partial charge in [-0.25, -0.2) is 9.89 Å². The third kappa shape index (κ3) is 4.20. The molecule has 1 aromatic heterocycles. The van der Waals surface area contributed by atoms with Crippen LogP contribution < -0.4 is 11.0 Å². The number of rotatable bonds is 7. The van der Waals surface area contributed by atoms with Gasteiger partial charge in [0, 0.05) is 17.8 Å². The van der Waals surface area contributed by atoms with Gasteiger partial charge in [0.15, 0.2) is 5.16 Å². The topological polar surface area (TPSA) is 62.7 Å². The van der Waals surface area contributed by atoms with Crippen molar-refractivity contribution >= 4 is 11.8 Å². The van der Waals surface area contributed by atoms with Crippen molar-refractivity contribution in [3.63, 3.8) is 0 Å². The summed E-state index contributed by atoms with van der Waals surface area (Å²) < 4.78 is 1.67. The van der Waals surface area contributed by atoms with E-state index in [2.05, 4.69) is 36.3 Å². The van der Waals surface area contributed by atoms with E-state index in [0.717, 1.165) is 18.1 Å². The Balaban J connectivity index is 2.55. The number of hydrogen-bond donors (Lipinski definition) is 2. The van der Waals surface area contributed by atoms with E-state index in [-0.39, 0.29) is 5.69 Å². The Morgan fingerprint density at radius 1 is 1.47 bits per heavy atom. The van der Waals surface area contributed by atoms with Crippen molar-refractivity contribution < 1.29 is 0 Å². The molecule has 98 valence electrons. The normalized spacial score (nSPS) is 14.8.